The van der Waals surface area contributed by atoms with Gasteiger partial charge >= 0.3 is 0 Å². The molecule has 3 rings (SSSR count). The minimum absolute atomic E-state index is 0.00678. The Bertz CT molecular complexity index is 427. The Kier molecular flexibility index (Phi) is 3.30. The molecule has 0 aromatic heterocycles. The Labute approximate surface area is 121 Å². The van der Waals surface area contributed by atoms with Gasteiger partial charge in [-0.2, -0.15) is 0 Å². The van der Waals surface area contributed by atoms with Crippen molar-refractivity contribution in [3.63, 3.8) is 0 Å². The molecule has 0 aromatic rings. The zero-order chi connectivity index (χ0) is 14.5. The van der Waals surface area contributed by atoms with E-state index in [2.05, 4.69) is 5.32 Å². The van der Waals surface area contributed by atoms with Crippen molar-refractivity contribution in [1.29, 1.82) is 0 Å². The predicted octanol–water partition coefficient (Wildman–Crippen LogP) is 1.80. The molecule has 4 nitrogen and oxygen atoms in total. The smallest absolute Gasteiger partial charge is 0.246 e. The number of nitrogens with one attached hydrogen (secondary N) is 1. The molecule has 4 heteroatoms. The number of hydrogen-bond donors (Lipinski definition) is 1. The monoisotopic (exact) mass is 278 g/mol. The van der Waals surface area contributed by atoms with Crippen molar-refractivity contribution < 1.29 is 9.59 Å². The second-order valence-electron chi connectivity index (χ2n) is 8.02. The van der Waals surface area contributed by atoms with Crippen molar-refractivity contribution in [2.24, 2.45) is 23.2 Å². The van der Waals surface area contributed by atoms with Gasteiger partial charge in [-0.15, -0.1) is 0 Å². The van der Waals surface area contributed by atoms with E-state index in [1.165, 1.54) is 25.7 Å². The highest BCUT2D eigenvalue weighted by molar-refractivity contribution is 5.95. The van der Waals surface area contributed by atoms with E-state index in [-0.39, 0.29) is 29.8 Å². The molecule has 0 radical (unpaired) electrons. The van der Waals surface area contributed by atoms with Crippen molar-refractivity contribution in [3.8, 4) is 0 Å². The molecular formula is C16H26N2O2. The van der Waals surface area contributed by atoms with Gasteiger partial charge < -0.3 is 10.2 Å². The number of nitrogens with zero attached hydrogens (tertiary/aromatic N) is 1. The highest BCUT2D eigenvalue weighted by Crippen LogP contribution is 2.48. The average molecular weight is 278 g/mol. The lowest BCUT2D eigenvalue weighted by molar-refractivity contribution is -0.148. The van der Waals surface area contributed by atoms with Crippen LogP contribution in [0.15, 0.2) is 0 Å². The normalized spacial score (nSPS) is 37.5. The second kappa shape index (κ2) is 4.74. The van der Waals surface area contributed by atoms with Crippen molar-refractivity contribution in [1.82, 2.24) is 10.2 Å². The Morgan fingerprint density at radius 3 is 2.50 bits per heavy atom. The van der Waals surface area contributed by atoms with Crippen molar-refractivity contribution >= 4 is 11.8 Å². The number of amides is 2. The molecule has 1 aliphatic heterocycles. The van der Waals surface area contributed by atoms with Crippen LogP contribution in [0.2, 0.25) is 0 Å². The van der Waals surface area contributed by atoms with E-state index in [0.29, 0.717) is 5.92 Å². The molecule has 2 amide bonds. The zero-order valence-electron chi connectivity index (χ0n) is 12.8. The van der Waals surface area contributed by atoms with Gasteiger partial charge in [-0.1, -0.05) is 27.2 Å². The molecule has 20 heavy (non-hydrogen) atoms. The van der Waals surface area contributed by atoms with E-state index < -0.39 is 0 Å². The molecule has 1 saturated heterocycles. The van der Waals surface area contributed by atoms with E-state index in [1.807, 2.05) is 25.7 Å². The maximum Gasteiger partial charge on any atom is 0.246 e. The molecule has 3 aliphatic rings. The zero-order valence-corrected chi connectivity index (χ0v) is 12.8. The lowest BCUT2D eigenvalue weighted by atomic mass is 9.83. The number of piperazine rings is 1. The third kappa shape index (κ3) is 2.45. The molecular weight excluding hydrogens is 252 g/mol. The minimum atomic E-state index is -0.373. The molecule has 4 unspecified atom stereocenters. The van der Waals surface area contributed by atoms with Crippen molar-refractivity contribution in [2.45, 2.75) is 52.5 Å². The molecule has 2 aliphatic carbocycles. The summed E-state index contributed by atoms with van der Waals surface area (Å²) in [6.07, 6.45) is 5.31. The van der Waals surface area contributed by atoms with Crippen LogP contribution in [0.3, 0.4) is 0 Å². The van der Waals surface area contributed by atoms with Crippen LogP contribution in [0.1, 0.15) is 46.5 Å². The number of fused-ring (bicyclic) bond motifs is 2. The maximum atomic E-state index is 12.6. The van der Waals surface area contributed by atoms with Gasteiger partial charge in [-0.3, -0.25) is 9.59 Å². The van der Waals surface area contributed by atoms with E-state index in [4.69, 9.17) is 0 Å². The number of carbonyl (C=O) groups is 2. The number of rotatable bonds is 2. The fourth-order valence-electron chi connectivity index (χ4n) is 4.33. The van der Waals surface area contributed by atoms with Gasteiger partial charge in [-0.05, 0) is 42.4 Å². The van der Waals surface area contributed by atoms with Crippen LogP contribution in [-0.4, -0.2) is 35.8 Å². The molecule has 2 saturated carbocycles. The Balaban J connectivity index is 1.69. The fraction of sp³-hybridized carbons (Fsp3) is 0.875. The summed E-state index contributed by atoms with van der Waals surface area (Å²) in [6, 6.07) is -0.373. The minimum Gasteiger partial charge on any atom is -0.342 e. The number of carbonyl (C=O) groups excluding carboxylic acids is 2. The standard InChI is InChI=1S/C16H26N2O2/c1-16(2,3)14-15(20)18(9-13(19)17-14)8-12-7-10-4-5-11(12)6-10/h10-12,14H,4-9H2,1-3H3,(H,17,19). The molecule has 1 N–H and O–H groups in total. The first kappa shape index (κ1) is 13.9. The molecule has 1 heterocycles. The maximum absolute atomic E-state index is 12.6. The van der Waals surface area contributed by atoms with E-state index in [0.717, 1.165) is 18.4 Å². The Morgan fingerprint density at radius 2 is 1.95 bits per heavy atom. The highest BCUT2D eigenvalue weighted by Gasteiger charge is 2.44. The molecule has 0 spiro atoms. The predicted molar refractivity (Wildman–Crippen MR) is 76.9 cm³/mol. The van der Waals surface area contributed by atoms with Crippen molar-refractivity contribution in [2.75, 3.05) is 13.1 Å². The first-order chi connectivity index (χ1) is 9.34. The first-order valence-electron chi connectivity index (χ1n) is 7.92. The van der Waals surface area contributed by atoms with Gasteiger partial charge in [0, 0.05) is 6.54 Å². The van der Waals surface area contributed by atoms with Crippen LogP contribution in [0.5, 0.6) is 0 Å². The Hall–Kier alpha value is -1.06. The topological polar surface area (TPSA) is 49.4 Å². The van der Waals surface area contributed by atoms with Gasteiger partial charge in [0.15, 0.2) is 0 Å². The van der Waals surface area contributed by atoms with E-state index in [1.54, 1.807) is 0 Å². The summed E-state index contributed by atoms with van der Waals surface area (Å²) in [5, 5.41) is 2.86. The van der Waals surface area contributed by atoms with E-state index >= 15 is 0 Å². The van der Waals surface area contributed by atoms with E-state index in [9.17, 15) is 9.59 Å². The van der Waals surface area contributed by atoms with Crippen LogP contribution in [0.25, 0.3) is 0 Å². The van der Waals surface area contributed by atoms with Gasteiger partial charge in [0.05, 0.1) is 6.54 Å². The van der Waals surface area contributed by atoms with Gasteiger partial charge in [0.1, 0.15) is 6.04 Å². The molecule has 112 valence electrons. The lowest BCUT2D eigenvalue weighted by Crippen LogP contribution is -2.62. The fourth-order valence-corrected chi connectivity index (χ4v) is 4.33. The third-order valence-electron chi connectivity index (χ3n) is 5.40. The summed E-state index contributed by atoms with van der Waals surface area (Å²) in [4.78, 5) is 26.3. The molecule has 2 bridgehead atoms. The summed E-state index contributed by atoms with van der Waals surface area (Å²) in [5.74, 6) is 2.42. The average Bonchev–Trinajstić information content (AvgIpc) is 2.94. The SMILES string of the molecule is CC(C)(C)C1NC(=O)CN(CC2CC3CCC2C3)C1=O. The van der Waals surface area contributed by atoms with Crippen LogP contribution >= 0.6 is 0 Å². The number of hydrogen-bond acceptors (Lipinski definition) is 2. The lowest BCUT2D eigenvalue weighted by Gasteiger charge is -2.40. The van der Waals surface area contributed by atoms with Gasteiger partial charge in [0.25, 0.3) is 0 Å². The summed E-state index contributed by atoms with van der Waals surface area (Å²) < 4.78 is 0. The Morgan fingerprint density at radius 1 is 1.20 bits per heavy atom. The quantitative estimate of drug-likeness (QED) is 0.837. The van der Waals surface area contributed by atoms with Gasteiger partial charge in [-0.25, -0.2) is 0 Å². The van der Waals surface area contributed by atoms with Crippen LogP contribution in [0.4, 0.5) is 0 Å². The summed E-state index contributed by atoms with van der Waals surface area (Å²) in [5.41, 5.74) is -0.222. The van der Waals surface area contributed by atoms with Crippen molar-refractivity contribution in [3.05, 3.63) is 0 Å². The highest BCUT2D eigenvalue weighted by atomic mass is 16.2. The van der Waals surface area contributed by atoms with Crippen LogP contribution in [-0.2, 0) is 9.59 Å². The summed E-state index contributed by atoms with van der Waals surface area (Å²) >= 11 is 0. The molecule has 4 atom stereocenters. The van der Waals surface area contributed by atoms with Crippen LogP contribution < -0.4 is 5.32 Å². The summed E-state index contributed by atoms with van der Waals surface area (Å²) in [6.45, 7) is 7.07. The third-order valence-corrected chi connectivity index (χ3v) is 5.40. The molecule has 3 fully saturated rings. The summed E-state index contributed by atoms with van der Waals surface area (Å²) in [7, 11) is 0. The first-order valence-corrected chi connectivity index (χ1v) is 7.92. The van der Waals surface area contributed by atoms with Gasteiger partial charge in [0.2, 0.25) is 11.8 Å². The molecule has 0 aromatic carbocycles. The second-order valence-corrected chi connectivity index (χ2v) is 8.02. The largest absolute Gasteiger partial charge is 0.342 e. The van der Waals surface area contributed by atoms with Crippen LogP contribution in [0, 0.1) is 23.2 Å².